The molecule has 0 radical (unpaired) electrons. The molecule has 2 rings (SSSR count). The second kappa shape index (κ2) is 8.64. The molecule has 0 unspecified atom stereocenters. The molecule has 0 saturated heterocycles. The van der Waals surface area contributed by atoms with E-state index in [4.69, 9.17) is 0 Å². The number of amides is 1. The number of carbonyl (C=O) groups is 2. The normalized spacial score (nSPS) is 13.8. The van der Waals surface area contributed by atoms with Crippen LogP contribution in [0.5, 0.6) is 0 Å². The Morgan fingerprint density at radius 1 is 0.933 bits per heavy atom. The van der Waals surface area contributed by atoms with E-state index in [2.05, 4.69) is 4.74 Å². The van der Waals surface area contributed by atoms with Gasteiger partial charge in [0, 0.05) is 11.3 Å². The summed E-state index contributed by atoms with van der Waals surface area (Å²) in [6.07, 6.45) is -10.3. The molecule has 0 heterocycles. The zero-order chi connectivity index (χ0) is 22.6. The van der Waals surface area contributed by atoms with E-state index in [0.29, 0.717) is 12.1 Å². The van der Waals surface area contributed by atoms with Crippen LogP contribution in [0.25, 0.3) is 0 Å². The Morgan fingerprint density at radius 2 is 1.57 bits per heavy atom. The van der Waals surface area contributed by atoms with E-state index in [9.17, 15) is 35.9 Å². The van der Waals surface area contributed by atoms with Crippen LogP contribution in [0.4, 0.5) is 32.0 Å². The number of nitrogens with one attached hydrogen (secondary N) is 2. The van der Waals surface area contributed by atoms with E-state index in [-0.39, 0.29) is 5.56 Å². The van der Waals surface area contributed by atoms with Gasteiger partial charge in [-0.05, 0) is 37.3 Å². The van der Waals surface area contributed by atoms with Crippen molar-refractivity contribution in [2.24, 2.45) is 0 Å². The average molecular weight is 434 g/mol. The summed E-state index contributed by atoms with van der Waals surface area (Å²) in [6.45, 7) is 0.768. The van der Waals surface area contributed by atoms with E-state index in [1.807, 2.05) is 0 Å². The minimum Gasteiger partial charge on any atom is -0.463 e. The molecule has 0 fully saturated rings. The molecule has 0 aliphatic heterocycles. The lowest BCUT2D eigenvalue weighted by atomic mass is 10.1. The van der Waals surface area contributed by atoms with E-state index < -0.39 is 47.7 Å². The van der Waals surface area contributed by atoms with Crippen molar-refractivity contribution in [2.45, 2.75) is 24.9 Å². The molecule has 1 amide bonds. The predicted molar refractivity (Wildman–Crippen MR) is 94.4 cm³/mol. The maximum Gasteiger partial charge on any atom is 0.441 e. The van der Waals surface area contributed by atoms with Gasteiger partial charge in [-0.2, -0.15) is 26.3 Å². The summed E-state index contributed by atoms with van der Waals surface area (Å²) in [4.78, 5) is 24.7. The lowest BCUT2D eigenvalue weighted by molar-refractivity contribution is -0.204. The Hall–Kier alpha value is -3.24. The number of hydrogen-bond acceptors (Lipinski definition) is 4. The molecule has 162 valence electrons. The van der Waals surface area contributed by atoms with Crippen molar-refractivity contribution < 1.29 is 40.7 Å². The van der Waals surface area contributed by atoms with E-state index >= 15 is 0 Å². The number of halogens is 6. The van der Waals surface area contributed by atoms with Gasteiger partial charge in [-0.15, -0.1) is 0 Å². The van der Waals surface area contributed by atoms with Crippen LogP contribution in [-0.4, -0.2) is 30.3 Å². The highest BCUT2D eigenvalue weighted by Gasteiger charge is 2.63. The molecular weight excluding hydrogens is 418 g/mol. The van der Waals surface area contributed by atoms with Crippen LogP contribution in [0, 0.1) is 0 Å². The van der Waals surface area contributed by atoms with Gasteiger partial charge in [-0.25, -0.2) is 4.79 Å². The number of ether oxygens (including phenoxy) is 1. The predicted octanol–water partition coefficient (Wildman–Crippen LogP) is 4.37. The molecule has 0 saturated carbocycles. The molecule has 0 spiro atoms. The summed E-state index contributed by atoms with van der Waals surface area (Å²) in [6, 6.07) is 9.46. The average Bonchev–Trinajstić information content (AvgIpc) is 2.67. The van der Waals surface area contributed by atoms with Crippen molar-refractivity contribution in [3.05, 3.63) is 65.7 Å². The number of esters is 1. The van der Waals surface area contributed by atoms with Crippen LogP contribution >= 0.6 is 0 Å². The topological polar surface area (TPSA) is 67.4 Å². The van der Waals surface area contributed by atoms with Gasteiger partial charge < -0.3 is 15.4 Å². The van der Waals surface area contributed by atoms with Crippen LogP contribution in [0.1, 0.15) is 22.8 Å². The van der Waals surface area contributed by atoms with Crippen molar-refractivity contribution >= 4 is 17.6 Å². The van der Waals surface area contributed by atoms with Gasteiger partial charge in [0.05, 0.1) is 12.2 Å². The van der Waals surface area contributed by atoms with Gasteiger partial charge >= 0.3 is 24.0 Å². The fourth-order valence-corrected chi connectivity index (χ4v) is 2.45. The van der Waals surface area contributed by atoms with Crippen LogP contribution in [-0.2, 0) is 15.7 Å². The minimum absolute atomic E-state index is 0.207. The molecule has 5 nitrogen and oxygen atoms in total. The minimum atomic E-state index is -5.47. The first kappa shape index (κ1) is 23.0. The number of anilines is 1. The quantitative estimate of drug-likeness (QED) is 0.403. The molecule has 2 N–H and O–H groups in total. The number of hydrogen-bond donors (Lipinski definition) is 2. The molecule has 0 aliphatic rings. The van der Waals surface area contributed by atoms with Crippen LogP contribution in [0.15, 0.2) is 54.6 Å². The monoisotopic (exact) mass is 434 g/mol. The summed E-state index contributed by atoms with van der Waals surface area (Å²) < 4.78 is 85.4. The van der Waals surface area contributed by atoms with Crippen molar-refractivity contribution in [1.82, 2.24) is 5.32 Å². The highest BCUT2D eigenvalue weighted by atomic mass is 19.4. The SMILES string of the molecule is CCOC(=O)[C@](NC(=O)c1ccccc1)(Nc1cccc(C(F)(F)F)c1)C(F)(F)F. The van der Waals surface area contributed by atoms with Crippen LogP contribution < -0.4 is 10.6 Å². The molecule has 2 aromatic rings. The fourth-order valence-electron chi connectivity index (χ4n) is 2.45. The van der Waals surface area contributed by atoms with Gasteiger partial charge in [0.15, 0.2) is 0 Å². The highest BCUT2D eigenvalue weighted by molar-refractivity contribution is 5.99. The van der Waals surface area contributed by atoms with Crippen molar-refractivity contribution in [1.29, 1.82) is 0 Å². The van der Waals surface area contributed by atoms with Crippen molar-refractivity contribution in [3.63, 3.8) is 0 Å². The Bertz CT molecular complexity index is 899. The summed E-state index contributed by atoms with van der Waals surface area (Å²) in [7, 11) is 0. The lowest BCUT2D eigenvalue weighted by Gasteiger charge is -2.35. The third-order valence-electron chi connectivity index (χ3n) is 3.87. The van der Waals surface area contributed by atoms with Crippen LogP contribution in [0.2, 0.25) is 0 Å². The third-order valence-corrected chi connectivity index (χ3v) is 3.87. The smallest absolute Gasteiger partial charge is 0.441 e. The molecule has 2 aromatic carbocycles. The molecule has 11 heteroatoms. The maximum atomic E-state index is 14.0. The van der Waals surface area contributed by atoms with E-state index in [1.165, 1.54) is 37.3 Å². The first-order chi connectivity index (χ1) is 13.9. The highest BCUT2D eigenvalue weighted by Crippen LogP contribution is 2.36. The Balaban J connectivity index is 2.54. The first-order valence-corrected chi connectivity index (χ1v) is 8.47. The van der Waals surface area contributed by atoms with Gasteiger partial charge in [0.2, 0.25) is 0 Å². The first-order valence-electron chi connectivity index (χ1n) is 8.47. The van der Waals surface area contributed by atoms with Gasteiger partial charge in [0.25, 0.3) is 5.91 Å². The number of benzene rings is 2. The largest absolute Gasteiger partial charge is 0.463 e. The van der Waals surface area contributed by atoms with Gasteiger partial charge in [0.1, 0.15) is 0 Å². The van der Waals surface area contributed by atoms with Crippen LogP contribution in [0.3, 0.4) is 0 Å². The van der Waals surface area contributed by atoms with Crippen molar-refractivity contribution in [3.8, 4) is 0 Å². The number of alkyl halides is 6. The molecular formula is C19H16F6N2O3. The summed E-state index contributed by atoms with van der Waals surface area (Å²) in [5, 5.41) is 3.25. The number of carbonyl (C=O) groups excluding carboxylic acids is 2. The Kier molecular flexibility index (Phi) is 6.63. The Labute approximate surface area is 167 Å². The maximum absolute atomic E-state index is 14.0. The summed E-state index contributed by atoms with van der Waals surface area (Å²) in [5.74, 6) is -3.22. The van der Waals surface area contributed by atoms with E-state index in [1.54, 1.807) is 10.6 Å². The van der Waals surface area contributed by atoms with Crippen molar-refractivity contribution in [2.75, 3.05) is 11.9 Å². The fraction of sp³-hybridized carbons (Fsp3) is 0.263. The Morgan fingerprint density at radius 3 is 2.10 bits per heavy atom. The second-order valence-corrected chi connectivity index (χ2v) is 5.99. The lowest BCUT2D eigenvalue weighted by Crippen LogP contribution is -2.69. The zero-order valence-electron chi connectivity index (χ0n) is 15.4. The molecule has 1 atom stereocenters. The summed E-state index contributed by atoms with van der Waals surface area (Å²) in [5.41, 5.74) is -5.99. The van der Waals surface area contributed by atoms with Gasteiger partial charge in [-0.3, -0.25) is 4.79 Å². The van der Waals surface area contributed by atoms with E-state index in [0.717, 1.165) is 12.1 Å². The summed E-state index contributed by atoms with van der Waals surface area (Å²) >= 11 is 0. The number of rotatable bonds is 6. The zero-order valence-corrected chi connectivity index (χ0v) is 15.4. The second-order valence-electron chi connectivity index (χ2n) is 5.99. The molecule has 0 aliphatic carbocycles. The van der Waals surface area contributed by atoms with Gasteiger partial charge in [-0.1, -0.05) is 24.3 Å². The molecule has 0 bridgehead atoms. The molecule has 30 heavy (non-hydrogen) atoms. The third kappa shape index (κ3) is 5.02. The standard InChI is InChI=1S/C19H16F6N2O3/c1-2-30-16(29)17(19(23,24)25,27-15(28)12-7-4-3-5-8-12)26-14-10-6-9-13(11-14)18(20,21)22/h3-11,26H,2H2,1H3,(H,27,28)/t17-/m1/s1. The molecule has 0 aromatic heterocycles.